The average Bonchev–Trinajstić information content (AvgIpc) is 3.83. The molecule has 0 radical (unpaired) electrons. The molecule has 12 rings (SSSR count). The van der Waals surface area contributed by atoms with Crippen molar-refractivity contribution in [3.05, 3.63) is 247 Å². The lowest BCUT2D eigenvalue weighted by Crippen LogP contribution is -2.28. The molecule has 0 N–H and O–H groups in total. The first-order chi connectivity index (χ1) is 29.2. The third kappa shape index (κ3) is 5.20. The van der Waals surface area contributed by atoms with Gasteiger partial charge < -0.3 is 9.32 Å². The highest BCUT2D eigenvalue weighted by Crippen LogP contribution is 2.57. The number of rotatable bonds is 6. The fourth-order valence-electron chi connectivity index (χ4n) is 9.80. The number of furan rings is 1. The predicted molar refractivity (Wildman–Crippen MR) is 246 cm³/mol. The van der Waals surface area contributed by atoms with Gasteiger partial charge in [-0.15, -0.1) is 0 Å². The molecule has 0 bridgehead atoms. The van der Waals surface area contributed by atoms with E-state index in [2.05, 4.69) is 217 Å². The second-order valence-corrected chi connectivity index (χ2v) is 15.7. The van der Waals surface area contributed by atoms with E-state index in [-0.39, 0.29) is 0 Å². The number of anilines is 3. The van der Waals surface area contributed by atoms with E-state index in [0.29, 0.717) is 0 Å². The van der Waals surface area contributed by atoms with E-state index in [1.807, 2.05) is 12.1 Å². The van der Waals surface area contributed by atoms with Crippen molar-refractivity contribution in [2.24, 2.45) is 0 Å². The Balaban J connectivity index is 1.06. The molecule has 0 saturated carbocycles. The van der Waals surface area contributed by atoms with Crippen molar-refractivity contribution in [2.75, 3.05) is 4.90 Å². The summed E-state index contributed by atoms with van der Waals surface area (Å²) in [6.07, 6.45) is 0. The van der Waals surface area contributed by atoms with Crippen LogP contribution in [0.25, 0.3) is 65.7 Å². The van der Waals surface area contributed by atoms with Crippen molar-refractivity contribution in [3.63, 3.8) is 0 Å². The van der Waals surface area contributed by atoms with Gasteiger partial charge in [0.05, 0.1) is 5.41 Å². The minimum atomic E-state index is -0.460. The summed E-state index contributed by atoms with van der Waals surface area (Å²) in [6, 6.07) is 82.0. The Morgan fingerprint density at radius 2 is 0.847 bits per heavy atom. The van der Waals surface area contributed by atoms with Gasteiger partial charge in [-0.2, -0.15) is 0 Å². The molecule has 0 aliphatic heterocycles. The van der Waals surface area contributed by atoms with E-state index in [1.54, 1.807) is 0 Å². The van der Waals surface area contributed by atoms with E-state index in [4.69, 9.17) is 4.42 Å². The highest BCUT2D eigenvalue weighted by atomic mass is 16.3. The standard InChI is InChI=1S/C57H37NO/c1-3-15-44(16-4-1)57(45-17-5-2-6-18-45)53-21-11-9-19-49(53)51-36-47(29-31-54(51)57)58(48-30-32-56-52(37-48)50-20-10-12-22-55(50)59-56)46-28-27-42-34-41(25-26-43(42)35-46)40-24-23-38-13-7-8-14-39(38)33-40/h1-37H. The highest BCUT2D eigenvalue weighted by Gasteiger charge is 2.46. The van der Waals surface area contributed by atoms with Gasteiger partial charge in [-0.25, -0.2) is 0 Å². The molecule has 1 heterocycles. The lowest BCUT2D eigenvalue weighted by atomic mass is 9.68. The van der Waals surface area contributed by atoms with Crippen LogP contribution in [0.2, 0.25) is 0 Å². The summed E-state index contributed by atoms with van der Waals surface area (Å²) in [4.78, 5) is 2.41. The maximum Gasteiger partial charge on any atom is 0.135 e. The van der Waals surface area contributed by atoms with Crippen molar-refractivity contribution in [3.8, 4) is 22.3 Å². The normalized spacial score (nSPS) is 12.9. The van der Waals surface area contributed by atoms with E-state index in [9.17, 15) is 0 Å². The third-order valence-electron chi connectivity index (χ3n) is 12.5. The van der Waals surface area contributed by atoms with Gasteiger partial charge in [0, 0.05) is 27.8 Å². The van der Waals surface area contributed by atoms with Crippen LogP contribution in [-0.2, 0) is 5.41 Å². The number of nitrogens with zero attached hydrogens (tertiary/aromatic N) is 1. The molecule has 0 spiro atoms. The summed E-state index contributed by atoms with van der Waals surface area (Å²) in [6.45, 7) is 0. The van der Waals surface area contributed by atoms with Crippen molar-refractivity contribution >= 4 is 60.5 Å². The maximum atomic E-state index is 6.32. The average molecular weight is 752 g/mol. The molecule has 0 saturated heterocycles. The lowest BCUT2D eigenvalue weighted by molar-refractivity contribution is 0.669. The smallest absolute Gasteiger partial charge is 0.135 e. The molecule has 2 heteroatoms. The molecule has 10 aromatic carbocycles. The zero-order valence-electron chi connectivity index (χ0n) is 32.2. The first-order valence-electron chi connectivity index (χ1n) is 20.3. The summed E-state index contributed by atoms with van der Waals surface area (Å²) in [5.74, 6) is 0. The van der Waals surface area contributed by atoms with Crippen LogP contribution in [0.15, 0.2) is 229 Å². The fraction of sp³-hybridized carbons (Fsp3) is 0.0175. The topological polar surface area (TPSA) is 16.4 Å². The van der Waals surface area contributed by atoms with Crippen molar-refractivity contribution in [1.29, 1.82) is 0 Å². The molecule has 0 fully saturated rings. The molecule has 1 aromatic heterocycles. The molecular weight excluding hydrogens is 715 g/mol. The van der Waals surface area contributed by atoms with E-state index >= 15 is 0 Å². The Bertz CT molecular complexity index is 3360. The maximum absolute atomic E-state index is 6.32. The summed E-state index contributed by atoms with van der Waals surface area (Å²) in [5, 5.41) is 7.11. The zero-order valence-corrected chi connectivity index (χ0v) is 32.2. The Morgan fingerprint density at radius 1 is 0.322 bits per heavy atom. The Labute approximate surface area is 342 Å². The van der Waals surface area contributed by atoms with Crippen molar-refractivity contribution in [1.82, 2.24) is 0 Å². The van der Waals surface area contributed by atoms with Gasteiger partial charge in [-0.05, 0) is 127 Å². The lowest BCUT2D eigenvalue weighted by Gasteiger charge is -2.34. The monoisotopic (exact) mass is 751 g/mol. The number of benzene rings is 10. The van der Waals surface area contributed by atoms with Gasteiger partial charge in [-0.3, -0.25) is 0 Å². The molecule has 276 valence electrons. The Morgan fingerprint density at radius 3 is 1.64 bits per heavy atom. The summed E-state index contributed by atoms with van der Waals surface area (Å²) in [5.41, 5.74) is 14.6. The predicted octanol–water partition coefficient (Wildman–Crippen LogP) is 15.4. The SMILES string of the molecule is c1ccc(C2(c3ccccc3)c3ccccc3-c3cc(N(c4ccc5cc(-c6ccc7ccccc7c6)ccc5c4)c4ccc5oc6ccccc6c5c4)ccc32)cc1. The summed E-state index contributed by atoms with van der Waals surface area (Å²) in [7, 11) is 0. The molecular formula is C57H37NO. The zero-order chi connectivity index (χ0) is 38.9. The molecule has 0 atom stereocenters. The molecule has 0 amide bonds. The number of para-hydroxylation sites is 1. The van der Waals surface area contributed by atoms with Crippen LogP contribution in [-0.4, -0.2) is 0 Å². The van der Waals surface area contributed by atoms with Crippen molar-refractivity contribution in [2.45, 2.75) is 5.41 Å². The van der Waals surface area contributed by atoms with Gasteiger partial charge in [0.2, 0.25) is 0 Å². The quantitative estimate of drug-likeness (QED) is 0.168. The first kappa shape index (κ1) is 33.5. The third-order valence-corrected chi connectivity index (χ3v) is 12.5. The van der Waals surface area contributed by atoms with Gasteiger partial charge in [0.15, 0.2) is 0 Å². The number of fused-ring (bicyclic) bond motifs is 8. The molecule has 2 nitrogen and oxygen atoms in total. The van der Waals surface area contributed by atoms with Crippen molar-refractivity contribution < 1.29 is 4.42 Å². The van der Waals surface area contributed by atoms with Gasteiger partial charge in [-0.1, -0.05) is 164 Å². The Hall–Kier alpha value is -7.68. The molecule has 11 aromatic rings. The largest absolute Gasteiger partial charge is 0.456 e. The summed E-state index contributed by atoms with van der Waals surface area (Å²) >= 11 is 0. The Kier molecular flexibility index (Phi) is 7.48. The van der Waals surface area contributed by atoms with E-state index in [0.717, 1.165) is 39.0 Å². The molecule has 59 heavy (non-hydrogen) atoms. The van der Waals surface area contributed by atoms with Crippen LogP contribution >= 0.6 is 0 Å². The fourth-order valence-corrected chi connectivity index (χ4v) is 9.80. The van der Waals surface area contributed by atoms with Crippen LogP contribution in [0.1, 0.15) is 22.3 Å². The van der Waals surface area contributed by atoms with Gasteiger partial charge in [0.25, 0.3) is 0 Å². The molecule has 1 aliphatic rings. The number of hydrogen-bond acceptors (Lipinski definition) is 2. The van der Waals surface area contributed by atoms with Crippen LogP contribution in [0.5, 0.6) is 0 Å². The molecule has 0 unspecified atom stereocenters. The van der Waals surface area contributed by atoms with Crippen LogP contribution in [0.3, 0.4) is 0 Å². The minimum Gasteiger partial charge on any atom is -0.456 e. The van der Waals surface area contributed by atoms with Crippen LogP contribution < -0.4 is 4.90 Å². The van der Waals surface area contributed by atoms with Gasteiger partial charge in [0.1, 0.15) is 11.2 Å². The number of hydrogen-bond donors (Lipinski definition) is 0. The van der Waals surface area contributed by atoms with E-state index < -0.39 is 5.41 Å². The van der Waals surface area contributed by atoms with Crippen LogP contribution in [0, 0.1) is 0 Å². The van der Waals surface area contributed by atoms with E-state index in [1.165, 1.54) is 66.1 Å². The second kappa shape index (κ2) is 13.2. The summed E-state index contributed by atoms with van der Waals surface area (Å²) < 4.78 is 6.32. The minimum absolute atomic E-state index is 0.460. The van der Waals surface area contributed by atoms with Crippen LogP contribution in [0.4, 0.5) is 17.1 Å². The molecule has 1 aliphatic carbocycles. The van der Waals surface area contributed by atoms with Gasteiger partial charge >= 0.3 is 0 Å². The highest BCUT2D eigenvalue weighted by molar-refractivity contribution is 6.07. The second-order valence-electron chi connectivity index (χ2n) is 15.7. The first-order valence-corrected chi connectivity index (χ1v) is 20.3.